The third kappa shape index (κ3) is 2.21. The summed E-state index contributed by atoms with van der Waals surface area (Å²) in [6, 6.07) is 9.42. The number of benzene rings is 1. The molecule has 0 amide bonds. The fraction of sp³-hybridized carbons (Fsp3) is 0.533. The Labute approximate surface area is 109 Å². The molecule has 1 aliphatic heterocycles. The summed E-state index contributed by atoms with van der Waals surface area (Å²) in [6.07, 6.45) is 3.57. The van der Waals surface area contributed by atoms with Gasteiger partial charge in [-0.1, -0.05) is 13.0 Å². The fourth-order valence-corrected chi connectivity index (χ4v) is 2.93. The van der Waals surface area contributed by atoms with Crippen LogP contribution in [0.15, 0.2) is 18.2 Å². The van der Waals surface area contributed by atoms with Gasteiger partial charge in [0.05, 0.1) is 11.3 Å². The van der Waals surface area contributed by atoms with Crippen molar-refractivity contribution in [2.24, 2.45) is 5.73 Å². The van der Waals surface area contributed by atoms with Gasteiger partial charge < -0.3 is 10.6 Å². The fourth-order valence-electron chi connectivity index (χ4n) is 2.93. The van der Waals surface area contributed by atoms with Crippen molar-refractivity contribution in [1.82, 2.24) is 0 Å². The summed E-state index contributed by atoms with van der Waals surface area (Å²) in [7, 11) is 0. The van der Waals surface area contributed by atoms with E-state index in [4.69, 9.17) is 5.73 Å². The van der Waals surface area contributed by atoms with Gasteiger partial charge in [-0.05, 0) is 43.9 Å². The molecule has 3 nitrogen and oxygen atoms in total. The van der Waals surface area contributed by atoms with Crippen molar-refractivity contribution in [2.75, 3.05) is 4.90 Å². The first-order valence-corrected chi connectivity index (χ1v) is 6.72. The largest absolute Gasteiger partial charge is 0.365 e. The van der Waals surface area contributed by atoms with Crippen LogP contribution in [0.1, 0.15) is 44.2 Å². The summed E-state index contributed by atoms with van der Waals surface area (Å²) in [5, 5.41) is 9.33. The summed E-state index contributed by atoms with van der Waals surface area (Å²) in [5.41, 5.74) is 8.49. The summed E-state index contributed by atoms with van der Waals surface area (Å²) in [6.45, 7) is 4.95. The second-order valence-electron chi connectivity index (χ2n) is 5.06. The Balaban J connectivity index is 2.41. The molecule has 0 aromatic heterocycles. The average molecular weight is 243 g/mol. The van der Waals surface area contributed by atoms with Crippen LogP contribution in [0.5, 0.6) is 0 Å². The molecule has 1 fully saturated rings. The highest BCUT2D eigenvalue weighted by atomic mass is 15.2. The van der Waals surface area contributed by atoms with Crippen LogP contribution in [0.3, 0.4) is 0 Å². The lowest BCUT2D eigenvalue weighted by Crippen LogP contribution is -2.34. The van der Waals surface area contributed by atoms with E-state index in [0.717, 1.165) is 23.2 Å². The number of nitriles is 1. The Morgan fingerprint density at radius 3 is 2.83 bits per heavy atom. The van der Waals surface area contributed by atoms with E-state index in [2.05, 4.69) is 30.9 Å². The van der Waals surface area contributed by atoms with Gasteiger partial charge in [-0.2, -0.15) is 5.26 Å². The number of nitrogens with zero attached hydrogens (tertiary/aromatic N) is 2. The SMILES string of the molecule is CCC1CCC(C)N1c1ccc(CN)cc1C#N. The van der Waals surface area contributed by atoms with Crippen LogP contribution in [0.2, 0.25) is 0 Å². The van der Waals surface area contributed by atoms with Gasteiger partial charge in [0, 0.05) is 18.6 Å². The minimum absolute atomic E-state index is 0.488. The van der Waals surface area contributed by atoms with Crippen molar-refractivity contribution in [3.8, 4) is 6.07 Å². The molecule has 1 heterocycles. The highest BCUT2D eigenvalue weighted by Crippen LogP contribution is 2.34. The molecule has 2 rings (SSSR count). The van der Waals surface area contributed by atoms with Crippen molar-refractivity contribution >= 4 is 5.69 Å². The number of hydrogen-bond donors (Lipinski definition) is 1. The van der Waals surface area contributed by atoms with Gasteiger partial charge >= 0.3 is 0 Å². The van der Waals surface area contributed by atoms with Gasteiger partial charge in [-0.3, -0.25) is 0 Å². The summed E-state index contributed by atoms with van der Waals surface area (Å²) in [4.78, 5) is 2.42. The number of nitrogens with two attached hydrogens (primary N) is 1. The highest BCUT2D eigenvalue weighted by molar-refractivity contribution is 5.62. The van der Waals surface area contributed by atoms with Crippen LogP contribution < -0.4 is 10.6 Å². The molecule has 96 valence electrons. The van der Waals surface area contributed by atoms with E-state index >= 15 is 0 Å². The molecule has 0 spiro atoms. The van der Waals surface area contributed by atoms with Crippen LogP contribution in [-0.4, -0.2) is 12.1 Å². The van der Waals surface area contributed by atoms with Gasteiger partial charge in [0.1, 0.15) is 6.07 Å². The van der Waals surface area contributed by atoms with Crippen molar-refractivity contribution in [1.29, 1.82) is 5.26 Å². The van der Waals surface area contributed by atoms with Gasteiger partial charge in [0.25, 0.3) is 0 Å². The predicted octanol–water partition coefficient (Wildman–Crippen LogP) is 2.78. The van der Waals surface area contributed by atoms with Crippen LogP contribution in [0, 0.1) is 11.3 Å². The molecule has 3 heteroatoms. The minimum Gasteiger partial charge on any atom is -0.365 e. The lowest BCUT2D eigenvalue weighted by Gasteiger charge is -2.31. The van der Waals surface area contributed by atoms with Crippen molar-refractivity contribution in [2.45, 2.75) is 51.7 Å². The first kappa shape index (κ1) is 12.9. The maximum atomic E-state index is 9.33. The number of hydrogen-bond acceptors (Lipinski definition) is 3. The molecular weight excluding hydrogens is 222 g/mol. The van der Waals surface area contributed by atoms with Gasteiger partial charge in [-0.25, -0.2) is 0 Å². The lowest BCUT2D eigenvalue weighted by atomic mass is 10.1. The molecule has 1 aliphatic rings. The van der Waals surface area contributed by atoms with E-state index in [-0.39, 0.29) is 0 Å². The van der Waals surface area contributed by atoms with Crippen LogP contribution in [0.4, 0.5) is 5.69 Å². The predicted molar refractivity (Wildman–Crippen MR) is 74.3 cm³/mol. The maximum absolute atomic E-state index is 9.33. The molecule has 1 aromatic rings. The molecule has 18 heavy (non-hydrogen) atoms. The quantitative estimate of drug-likeness (QED) is 0.888. The zero-order valence-electron chi connectivity index (χ0n) is 11.2. The second kappa shape index (κ2) is 5.41. The van der Waals surface area contributed by atoms with E-state index < -0.39 is 0 Å². The monoisotopic (exact) mass is 243 g/mol. The molecule has 2 N–H and O–H groups in total. The Morgan fingerprint density at radius 1 is 1.44 bits per heavy atom. The molecule has 0 radical (unpaired) electrons. The summed E-state index contributed by atoms with van der Waals surface area (Å²) in [5.74, 6) is 0. The molecular formula is C15H21N3. The maximum Gasteiger partial charge on any atom is 0.101 e. The Hall–Kier alpha value is -1.53. The number of anilines is 1. The van der Waals surface area contributed by atoms with E-state index in [1.54, 1.807) is 0 Å². The zero-order chi connectivity index (χ0) is 13.1. The van der Waals surface area contributed by atoms with Crippen LogP contribution in [0.25, 0.3) is 0 Å². The first-order valence-electron chi connectivity index (χ1n) is 6.72. The molecule has 0 saturated carbocycles. The average Bonchev–Trinajstić information content (AvgIpc) is 2.78. The highest BCUT2D eigenvalue weighted by Gasteiger charge is 2.30. The lowest BCUT2D eigenvalue weighted by molar-refractivity contribution is 0.627. The van der Waals surface area contributed by atoms with E-state index in [1.807, 2.05) is 12.1 Å². The molecule has 1 saturated heterocycles. The Morgan fingerprint density at radius 2 is 2.22 bits per heavy atom. The van der Waals surface area contributed by atoms with Gasteiger partial charge in [0.2, 0.25) is 0 Å². The van der Waals surface area contributed by atoms with Crippen LogP contribution >= 0.6 is 0 Å². The smallest absolute Gasteiger partial charge is 0.101 e. The first-order chi connectivity index (χ1) is 8.71. The van der Waals surface area contributed by atoms with E-state index in [9.17, 15) is 5.26 Å². The van der Waals surface area contributed by atoms with Crippen LogP contribution in [-0.2, 0) is 6.54 Å². The van der Waals surface area contributed by atoms with E-state index in [0.29, 0.717) is 18.6 Å². The molecule has 0 bridgehead atoms. The summed E-state index contributed by atoms with van der Waals surface area (Å²) < 4.78 is 0. The van der Waals surface area contributed by atoms with E-state index in [1.165, 1.54) is 12.8 Å². The zero-order valence-corrected chi connectivity index (χ0v) is 11.2. The molecule has 0 aliphatic carbocycles. The normalized spacial score (nSPS) is 23.1. The molecule has 2 unspecified atom stereocenters. The van der Waals surface area contributed by atoms with Crippen molar-refractivity contribution < 1.29 is 0 Å². The summed E-state index contributed by atoms with van der Waals surface area (Å²) >= 11 is 0. The molecule has 1 aromatic carbocycles. The Kier molecular flexibility index (Phi) is 3.88. The standard InChI is InChI=1S/C15H21N3/c1-3-14-6-4-11(2)18(14)15-7-5-12(9-16)8-13(15)10-17/h5,7-8,11,14H,3-4,6,9,16H2,1-2H3. The third-order valence-electron chi connectivity index (χ3n) is 3.95. The molecule has 2 atom stereocenters. The Bertz CT molecular complexity index is 461. The third-order valence-corrected chi connectivity index (χ3v) is 3.95. The topological polar surface area (TPSA) is 53.0 Å². The number of rotatable bonds is 3. The second-order valence-corrected chi connectivity index (χ2v) is 5.06. The minimum atomic E-state index is 0.488. The van der Waals surface area contributed by atoms with Crippen molar-refractivity contribution in [3.63, 3.8) is 0 Å². The van der Waals surface area contributed by atoms with Gasteiger partial charge in [0.15, 0.2) is 0 Å². The van der Waals surface area contributed by atoms with Gasteiger partial charge in [-0.15, -0.1) is 0 Å². The van der Waals surface area contributed by atoms with Crippen molar-refractivity contribution in [3.05, 3.63) is 29.3 Å².